The molecule has 2 atom stereocenters. The summed E-state index contributed by atoms with van der Waals surface area (Å²) in [5.74, 6) is 0.899. The molecule has 2 heterocycles. The monoisotopic (exact) mass is 364 g/mol. The molecular weight excluding hydrogens is 352 g/mol. The Morgan fingerprint density at radius 1 is 1.26 bits per heavy atom. The van der Waals surface area contributed by atoms with Gasteiger partial charge in [0.25, 0.3) is 0 Å². The second kappa shape index (κ2) is 5.00. The van der Waals surface area contributed by atoms with Gasteiger partial charge in [0.05, 0.1) is 9.92 Å². The van der Waals surface area contributed by atoms with Crippen LogP contribution in [0.25, 0.3) is 0 Å². The lowest BCUT2D eigenvalue weighted by molar-refractivity contribution is 0.448. The predicted molar refractivity (Wildman–Crippen MR) is 77.8 cm³/mol. The number of sulfonamides is 1. The zero-order valence-corrected chi connectivity index (χ0v) is 13.3. The quantitative estimate of drug-likeness (QED) is 0.871. The van der Waals surface area contributed by atoms with Gasteiger partial charge in [0.15, 0.2) is 0 Å². The van der Waals surface area contributed by atoms with Crippen LogP contribution in [0.4, 0.5) is 0 Å². The Hall–Kier alpha value is -0.140. The largest absolute Gasteiger partial charge is 0.316 e. The molecule has 2 fully saturated rings. The van der Waals surface area contributed by atoms with E-state index in [0.717, 1.165) is 13.1 Å². The Kier molecular flexibility index (Phi) is 3.64. The van der Waals surface area contributed by atoms with Crippen molar-refractivity contribution in [2.45, 2.75) is 4.90 Å². The minimum Gasteiger partial charge on any atom is -0.316 e. The molecule has 1 aromatic rings. The molecule has 0 aromatic heterocycles. The van der Waals surface area contributed by atoms with E-state index in [1.54, 1.807) is 22.5 Å². The Labute approximate surface area is 126 Å². The van der Waals surface area contributed by atoms with Gasteiger partial charge in [-0.2, -0.15) is 4.31 Å². The van der Waals surface area contributed by atoms with Gasteiger partial charge in [-0.1, -0.05) is 11.6 Å². The lowest BCUT2D eigenvalue weighted by atomic mass is 10.0. The molecule has 3 rings (SSSR count). The molecule has 0 saturated carbocycles. The summed E-state index contributed by atoms with van der Waals surface area (Å²) in [6.45, 7) is 3.06. The number of halogens is 2. The molecule has 0 unspecified atom stereocenters. The Morgan fingerprint density at radius 2 is 1.89 bits per heavy atom. The van der Waals surface area contributed by atoms with Crippen molar-refractivity contribution in [3.63, 3.8) is 0 Å². The SMILES string of the molecule is O=S(=O)(c1ccc(Cl)c(Br)c1)N1C[C@H]2CNC[C@H]2C1. The van der Waals surface area contributed by atoms with Gasteiger partial charge in [0.1, 0.15) is 0 Å². The Morgan fingerprint density at radius 3 is 2.47 bits per heavy atom. The fourth-order valence-corrected chi connectivity index (χ4v) is 5.02. The molecule has 2 saturated heterocycles. The first-order valence-electron chi connectivity index (χ1n) is 6.14. The van der Waals surface area contributed by atoms with Crippen molar-refractivity contribution in [2.75, 3.05) is 26.2 Å². The number of fused-ring (bicyclic) bond motifs is 1. The fourth-order valence-electron chi connectivity index (χ4n) is 2.79. The normalized spacial score (nSPS) is 27.7. The summed E-state index contributed by atoms with van der Waals surface area (Å²) in [6, 6.07) is 4.75. The summed E-state index contributed by atoms with van der Waals surface area (Å²) in [7, 11) is -3.40. The van der Waals surface area contributed by atoms with Crippen LogP contribution in [-0.4, -0.2) is 38.9 Å². The number of rotatable bonds is 2. The van der Waals surface area contributed by atoms with Crippen molar-refractivity contribution in [2.24, 2.45) is 11.8 Å². The standard InChI is InChI=1S/C12H14BrClN2O2S/c13-11-3-10(1-2-12(11)14)19(17,18)16-6-8-4-15-5-9(8)7-16/h1-3,8-9,15H,4-7H2/t8-,9+. The van der Waals surface area contributed by atoms with E-state index >= 15 is 0 Å². The predicted octanol–water partition coefficient (Wildman–Crippen LogP) is 1.94. The van der Waals surface area contributed by atoms with Gasteiger partial charge in [-0.05, 0) is 59.1 Å². The fraction of sp³-hybridized carbons (Fsp3) is 0.500. The number of nitrogens with zero attached hydrogens (tertiary/aromatic N) is 1. The number of benzene rings is 1. The van der Waals surface area contributed by atoms with E-state index in [2.05, 4.69) is 21.2 Å². The molecule has 19 heavy (non-hydrogen) atoms. The van der Waals surface area contributed by atoms with Crippen LogP contribution in [0.1, 0.15) is 0 Å². The van der Waals surface area contributed by atoms with Crippen LogP contribution < -0.4 is 5.32 Å². The van der Waals surface area contributed by atoms with Crippen molar-refractivity contribution < 1.29 is 8.42 Å². The van der Waals surface area contributed by atoms with Crippen molar-refractivity contribution in [1.82, 2.24) is 9.62 Å². The summed E-state index contributed by atoms with van der Waals surface area (Å²) in [4.78, 5) is 0.303. The number of hydrogen-bond donors (Lipinski definition) is 1. The van der Waals surface area contributed by atoms with Gasteiger partial charge in [-0.3, -0.25) is 0 Å². The van der Waals surface area contributed by atoms with Crippen LogP contribution >= 0.6 is 27.5 Å². The van der Waals surface area contributed by atoms with Crippen LogP contribution in [0.3, 0.4) is 0 Å². The minimum atomic E-state index is -3.40. The molecule has 0 aliphatic carbocycles. The zero-order chi connectivity index (χ0) is 13.6. The third-order valence-electron chi connectivity index (χ3n) is 3.88. The molecular formula is C12H14BrClN2O2S. The van der Waals surface area contributed by atoms with Crippen molar-refractivity contribution in [1.29, 1.82) is 0 Å². The van der Waals surface area contributed by atoms with Crippen molar-refractivity contribution in [3.8, 4) is 0 Å². The minimum absolute atomic E-state index is 0.303. The average Bonchev–Trinajstić information content (AvgIpc) is 2.93. The van der Waals surface area contributed by atoms with Gasteiger partial charge in [-0.15, -0.1) is 0 Å². The highest BCUT2D eigenvalue weighted by molar-refractivity contribution is 9.10. The average molecular weight is 366 g/mol. The van der Waals surface area contributed by atoms with Gasteiger partial charge in [0.2, 0.25) is 10.0 Å². The summed E-state index contributed by atoms with van der Waals surface area (Å²) in [6.07, 6.45) is 0. The molecule has 0 bridgehead atoms. The molecule has 0 amide bonds. The second-order valence-electron chi connectivity index (χ2n) is 5.08. The highest BCUT2D eigenvalue weighted by Crippen LogP contribution is 2.32. The highest BCUT2D eigenvalue weighted by atomic mass is 79.9. The number of hydrogen-bond acceptors (Lipinski definition) is 3. The van der Waals surface area contributed by atoms with E-state index in [1.165, 1.54) is 0 Å². The van der Waals surface area contributed by atoms with E-state index in [9.17, 15) is 8.42 Å². The van der Waals surface area contributed by atoms with Gasteiger partial charge in [-0.25, -0.2) is 8.42 Å². The molecule has 1 N–H and O–H groups in total. The maximum Gasteiger partial charge on any atom is 0.243 e. The first kappa shape index (κ1) is 13.8. The van der Waals surface area contributed by atoms with E-state index < -0.39 is 10.0 Å². The third kappa shape index (κ3) is 2.45. The van der Waals surface area contributed by atoms with Gasteiger partial charge in [0, 0.05) is 17.6 Å². The van der Waals surface area contributed by atoms with Crippen LogP contribution in [0.2, 0.25) is 5.02 Å². The third-order valence-corrected chi connectivity index (χ3v) is 6.93. The maximum atomic E-state index is 12.6. The topological polar surface area (TPSA) is 49.4 Å². The molecule has 1 aromatic carbocycles. The Balaban J connectivity index is 1.88. The van der Waals surface area contributed by atoms with E-state index in [0.29, 0.717) is 39.3 Å². The van der Waals surface area contributed by atoms with E-state index in [-0.39, 0.29) is 0 Å². The summed E-state index contributed by atoms with van der Waals surface area (Å²) >= 11 is 9.18. The molecule has 4 nitrogen and oxygen atoms in total. The molecule has 2 aliphatic rings. The van der Waals surface area contributed by atoms with Gasteiger partial charge < -0.3 is 5.32 Å². The van der Waals surface area contributed by atoms with E-state index in [1.807, 2.05) is 0 Å². The first-order valence-corrected chi connectivity index (χ1v) is 8.75. The van der Waals surface area contributed by atoms with Crippen molar-refractivity contribution in [3.05, 3.63) is 27.7 Å². The lowest BCUT2D eigenvalue weighted by Crippen LogP contribution is -2.31. The zero-order valence-electron chi connectivity index (χ0n) is 10.1. The smallest absolute Gasteiger partial charge is 0.243 e. The lowest BCUT2D eigenvalue weighted by Gasteiger charge is -2.17. The van der Waals surface area contributed by atoms with Crippen LogP contribution in [-0.2, 0) is 10.0 Å². The first-order chi connectivity index (χ1) is 8.98. The van der Waals surface area contributed by atoms with Crippen LogP contribution in [0.15, 0.2) is 27.6 Å². The van der Waals surface area contributed by atoms with Crippen molar-refractivity contribution >= 4 is 37.6 Å². The van der Waals surface area contributed by atoms with Crippen LogP contribution in [0.5, 0.6) is 0 Å². The second-order valence-corrected chi connectivity index (χ2v) is 8.28. The molecule has 0 spiro atoms. The maximum absolute atomic E-state index is 12.6. The molecule has 0 radical (unpaired) electrons. The molecule has 2 aliphatic heterocycles. The summed E-state index contributed by atoms with van der Waals surface area (Å²) < 4.78 is 27.3. The summed E-state index contributed by atoms with van der Waals surface area (Å²) in [5.41, 5.74) is 0. The highest BCUT2D eigenvalue weighted by Gasteiger charge is 2.41. The number of nitrogens with one attached hydrogen (secondary N) is 1. The van der Waals surface area contributed by atoms with Crippen LogP contribution in [0, 0.1) is 11.8 Å². The summed E-state index contributed by atoms with van der Waals surface area (Å²) in [5, 5.41) is 3.82. The van der Waals surface area contributed by atoms with Gasteiger partial charge >= 0.3 is 0 Å². The Bertz CT molecular complexity index is 596. The molecule has 7 heteroatoms. The van der Waals surface area contributed by atoms with E-state index in [4.69, 9.17) is 11.6 Å². The molecule has 104 valence electrons.